The molecular formula is C31H39FN2O4. The Morgan fingerprint density at radius 3 is 2.32 bits per heavy atom. The third-order valence-electron chi connectivity index (χ3n) is 9.81. The zero-order chi connectivity index (χ0) is 26.8. The summed E-state index contributed by atoms with van der Waals surface area (Å²) >= 11 is 0. The van der Waals surface area contributed by atoms with E-state index in [2.05, 4.69) is 6.07 Å². The van der Waals surface area contributed by atoms with E-state index in [1.165, 1.54) is 17.4 Å². The minimum absolute atomic E-state index is 0.0145. The maximum atomic E-state index is 15.5. The molecule has 6 nitrogen and oxygen atoms in total. The number of likely N-dealkylation sites (tertiary alicyclic amines) is 1. The van der Waals surface area contributed by atoms with Gasteiger partial charge in [-0.05, 0) is 120 Å². The molecule has 6 fully saturated rings. The van der Waals surface area contributed by atoms with Crippen LogP contribution >= 0.6 is 0 Å². The summed E-state index contributed by atoms with van der Waals surface area (Å²) in [6, 6.07) is 4.98. The molecule has 1 saturated heterocycles. The molecule has 0 N–H and O–H groups in total. The molecule has 7 heteroatoms. The fourth-order valence-electron chi connectivity index (χ4n) is 8.03. The second kappa shape index (κ2) is 9.24. The molecule has 5 saturated carbocycles. The predicted octanol–water partition coefficient (Wildman–Crippen LogP) is 5.99. The molecule has 38 heavy (non-hydrogen) atoms. The van der Waals surface area contributed by atoms with Gasteiger partial charge in [0.1, 0.15) is 29.8 Å². The Morgan fingerprint density at radius 1 is 1.08 bits per heavy atom. The van der Waals surface area contributed by atoms with Gasteiger partial charge in [0.25, 0.3) is 5.91 Å². The fourth-order valence-corrected chi connectivity index (χ4v) is 8.03. The second-order valence-corrected chi connectivity index (χ2v) is 13.6. The highest BCUT2D eigenvalue weighted by atomic mass is 19.1. The average Bonchev–Trinajstić information content (AvgIpc) is 3.57. The van der Waals surface area contributed by atoms with Crippen LogP contribution in [-0.2, 0) is 9.53 Å². The molecule has 0 radical (unpaired) electrons. The lowest BCUT2D eigenvalue weighted by atomic mass is 9.46. The smallest absolute Gasteiger partial charge is 0.329 e. The lowest BCUT2D eigenvalue weighted by Crippen LogP contribution is -2.54. The van der Waals surface area contributed by atoms with Crippen LogP contribution in [0.3, 0.4) is 0 Å². The normalized spacial score (nSPS) is 33.8. The van der Waals surface area contributed by atoms with E-state index < -0.39 is 34.8 Å². The van der Waals surface area contributed by atoms with Gasteiger partial charge in [-0.2, -0.15) is 5.26 Å². The van der Waals surface area contributed by atoms with Gasteiger partial charge in [-0.25, -0.2) is 9.18 Å². The second-order valence-electron chi connectivity index (χ2n) is 13.6. The van der Waals surface area contributed by atoms with Crippen molar-refractivity contribution >= 4 is 11.9 Å². The summed E-state index contributed by atoms with van der Waals surface area (Å²) in [7, 11) is 0. The number of carbonyl (C=O) groups is 2. The number of nitrogens with zero attached hydrogens (tertiary/aromatic N) is 2. The first-order valence-electron chi connectivity index (χ1n) is 14.5. The summed E-state index contributed by atoms with van der Waals surface area (Å²) in [4.78, 5) is 27.8. The van der Waals surface area contributed by atoms with Crippen molar-refractivity contribution in [1.82, 2.24) is 4.90 Å². The Hall–Kier alpha value is -2.62. The van der Waals surface area contributed by atoms with E-state index in [-0.39, 0.29) is 18.1 Å². The van der Waals surface area contributed by atoms with Crippen molar-refractivity contribution in [3.63, 3.8) is 0 Å². The first-order chi connectivity index (χ1) is 18.1. The summed E-state index contributed by atoms with van der Waals surface area (Å²) < 4.78 is 27.4. The van der Waals surface area contributed by atoms with Crippen molar-refractivity contribution in [3.8, 4) is 11.8 Å². The highest BCUT2D eigenvalue weighted by Gasteiger charge is 2.58. The molecule has 5 aliphatic carbocycles. The molecule has 204 valence electrons. The van der Waals surface area contributed by atoms with Crippen LogP contribution in [0.5, 0.6) is 5.75 Å². The summed E-state index contributed by atoms with van der Waals surface area (Å²) in [5, 5.41) is 10.4. The van der Waals surface area contributed by atoms with Crippen LogP contribution < -0.4 is 4.74 Å². The first kappa shape index (κ1) is 25.6. The van der Waals surface area contributed by atoms with Gasteiger partial charge in [0.05, 0.1) is 17.0 Å². The van der Waals surface area contributed by atoms with E-state index in [1.54, 1.807) is 26.8 Å². The Labute approximate surface area is 224 Å². The maximum Gasteiger partial charge on any atom is 0.329 e. The standard InChI is InChI=1S/C31H39FN2O4/c1-30(2,3)38-29(36)26-5-4-8-34(26)28(35)24-14-23(20-6-7-20)27(15-25(24)32)37-17-31(16-33)21-10-18-9-19(12-21)13-22(31)11-18/h14-15,18-22,26H,4-13,17H2,1-3H3/t18?,19?,21?,22?,26-,31?/m0/s1. The number of amides is 1. The van der Waals surface area contributed by atoms with Crippen LogP contribution in [0.15, 0.2) is 12.1 Å². The number of carbonyl (C=O) groups excluding carboxylic acids is 2. The molecule has 1 heterocycles. The largest absolute Gasteiger partial charge is 0.491 e. The van der Waals surface area contributed by atoms with E-state index in [9.17, 15) is 14.9 Å². The molecular weight excluding hydrogens is 483 g/mol. The lowest BCUT2D eigenvalue weighted by molar-refractivity contribution is -0.159. The van der Waals surface area contributed by atoms with Crippen LogP contribution in [0.2, 0.25) is 0 Å². The third-order valence-corrected chi connectivity index (χ3v) is 9.81. The van der Waals surface area contributed by atoms with E-state index in [1.807, 2.05) is 0 Å². The van der Waals surface area contributed by atoms with E-state index >= 15 is 4.39 Å². The number of rotatable bonds is 6. The number of ether oxygens (including phenoxy) is 2. The zero-order valence-corrected chi connectivity index (χ0v) is 22.8. The van der Waals surface area contributed by atoms with Gasteiger partial charge in [-0.15, -0.1) is 0 Å². The molecule has 6 aliphatic rings. The predicted molar refractivity (Wildman–Crippen MR) is 139 cm³/mol. The summed E-state index contributed by atoms with van der Waals surface area (Å²) in [6.07, 6.45) is 8.87. The van der Waals surface area contributed by atoms with Gasteiger partial charge < -0.3 is 14.4 Å². The van der Waals surface area contributed by atoms with Crippen molar-refractivity contribution in [2.24, 2.45) is 29.1 Å². The summed E-state index contributed by atoms with van der Waals surface area (Å²) in [6.45, 7) is 6.08. The van der Waals surface area contributed by atoms with Crippen LogP contribution in [0.25, 0.3) is 0 Å². The molecule has 0 unspecified atom stereocenters. The molecule has 1 atom stereocenters. The number of hydrogen-bond donors (Lipinski definition) is 0. The molecule has 7 rings (SSSR count). The molecule has 0 spiro atoms. The van der Waals surface area contributed by atoms with Gasteiger partial charge in [0, 0.05) is 12.6 Å². The highest BCUT2D eigenvalue weighted by molar-refractivity contribution is 5.98. The number of benzene rings is 1. The van der Waals surface area contributed by atoms with Crippen LogP contribution in [0, 0.1) is 46.2 Å². The summed E-state index contributed by atoms with van der Waals surface area (Å²) in [5.41, 5.74) is -0.329. The van der Waals surface area contributed by atoms with Gasteiger partial charge in [-0.1, -0.05) is 0 Å². The third kappa shape index (κ3) is 4.48. The molecule has 1 aromatic rings. The minimum atomic E-state index is -0.700. The topological polar surface area (TPSA) is 79.6 Å². The van der Waals surface area contributed by atoms with Crippen molar-refractivity contribution in [3.05, 3.63) is 29.1 Å². The number of nitriles is 1. The number of halogens is 1. The summed E-state index contributed by atoms with van der Waals surface area (Å²) in [5.74, 6) is 1.36. The monoisotopic (exact) mass is 522 g/mol. The zero-order valence-electron chi connectivity index (χ0n) is 22.8. The van der Waals surface area contributed by atoms with Gasteiger partial charge in [0.15, 0.2) is 0 Å². The van der Waals surface area contributed by atoms with E-state index in [0.717, 1.165) is 55.9 Å². The van der Waals surface area contributed by atoms with E-state index in [0.29, 0.717) is 37.0 Å². The minimum Gasteiger partial charge on any atom is -0.491 e. The Morgan fingerprint density at radius 2 is 1.74 bits per heavy atom. The number of hydrogen-bond acceptors (Lipinski definition) is 5. The van der Waals surface area contributed by atoms with Crippen LogP contribution in [-0.4, -0.2) is 41.6 Å². The van der Waals surface area contributed by atoms with Crippen molar-refractivity contribution in [2.75, 3.05) is 13.2 Å². The van der Waals surface area contributed by atoms with Crippen molar-refractivity contribution < 1.29 is 23.5 Å². The molecule has 0 aromatic heterocycles. The van der Waals surface area contributed by atoms with Crippen molar-refractivity contribution in [2.45, 2.75) is 96.1 Å². The average molecular weight is 523 g/mol. The molecule has 1 aromatic carbocycles. The quantitative estimate of drug-likeness (QED) is 0.429. The Bertz CT molecular complexity index is 1150. The number of esters is 1. The van der Waals surface area contributed by atoms with Gasteiger partial charge in [0.2, 0.25) is 0 Å². The highest BCUT2D eigenvalue weighted by Crippen LogP contribution is 2.62. The lowest BCUT2D eigenvalue weighted by Gasteiger charge is -2.58. The van der Waals surface area contributed by atoms with Crippen molar-refractivity contribution in [1.29, 1.82) is 5.26 Å². The first-order valence-corrected chi connectivity index (χ1v) is 14.5. The SMILES string of the molecule is CC(C)(C)OC(=O)[C@@H]1CCCN1C(=O)c1cc(C2CC2)c(OCC2(C#N)C3CC4CC(C3)CC2C4)cc1F. The van der Waals surface area contributed by atoms with Gasteiger partial charge in [-0.3, -0.25) is 4.79 Å². The fraction of sp³-hybridized carbons (Fsp3) is 0.710. The van der Waals surface area contributed by atoms with Crippen LogP contribution in [0.1, 0.15) is 100 Å². The Kier molecular flexibility index (Phi) is 6.24. The molecule has 1 aliphatic heterocycles. The maximum absolute atomic E-state index is 15.5. The molecule has 1 amide bonds. The van der Waals surface area contributed by atoms with E-state index in [4.69, 9.17) is 9.47 Å². The Balaban J connectivity index is 1.23. The van der Waals surface area contributed by atoms with Crippen LogP contribution in [0.4, 0.5) is 4.39 Å². The molecule has 4 bridgehead atoms. The van der Waals surface area contributed by atoms with Gasteiger partial charge >= 0.3 is 5.97 Å².